The zero-order valence-electron chi connectivity index (χ0n) is 13.4. The minimum Gasteiger partial charge on any atom is -0.493 e. The lowest BCUT2D eigenvalue weighted by Gasteiger charge is -2.12. The quantitative estimate of drug-likeness (QED) is 0.553. The highest BCUT2D eigenvalue weighted by Gasteiger charge is 2.12. The highest BCUT2D eigenvalue weighted by Crippen LogP contribution is 2.32. The van der Waals surface area contributed by atoms with Crippen molar-refractivity contribution in [2.24, 2.45) is 0 Å². The molecule has 2 aromatic rings. The lowest BCUT2D eigenvalue weighted by atomic mass is 10.1. The number of ether oxygens (including phenoxy) is 2. The van der Waals surface area contributed by atoms with Crippen molar-refractivity contribution in [1.82, 2.24) is 0 Å². The zero-order valence-corrected chi connectivity index (χ0v) is 15.6. The van der Waals surface area contributed by atoms with Crippen molar-refractivity contribution in [2.75, 3.05) is 19.0 Å². The zero-order chi connectivity index (χ0) is 18.6. The van der Waals surface area contributed by atoms with Crippen LogP contribution in [0.15, 0.2) is 30.3 Å². The number of anilines is 1. The van der Waals surface area contributed by atoms with Gasteiger partial charge in [0, 0.05) is 5.56 Å². The normalized spacial score (nSPS) is 10.3. The first-order valence-corrected chi connectivity index (χ1v) is 8.21. The van der Waals surface area contributed by atoms with E-state index in [-0.39, 0.29) is 27.5 Å². The molecule has 2 rings (SSSR count). The van der Waals surface area contributed by atoms with Gasteiger partial charge in [0.2, 0.25) is 0 Å². The van der Waals surface area contributed by atoms with E-state index in [9.17, 15) is 9.59 Å². The molecule has 0 unspecified atom stereocenters. The van der Waals surface area contributed by atoms with Gasteiger partial charge in [-0.25, -0.2) is 0 Å². The Morgan fingerprint density at radius 1 is 1.00 bits per heavy atom. The number of amides is 1. The van der Waals surface area contributed by atoms with Gasteiger partial charge >= 0.3 is 0 Å². The topological polar surface area (TPSA) is 64.6 Å². The Labute approximate surface area is 159 Å². The second kappa shape index (κ2) is 8.43. The SMILES string of the molecule is COc1cc(C(C)=O)ccc1OCC(=O)Nc1cc(Cl)c(Cl)cc1Cl. The lowest BCUT2D eigenvalue weighted by Crippen LogP contribution is -2.20. The van der Waals surface area contributed by atoms with Gasteiger partial charge in [0.1, 0.15) is 0 Å². The highest BCUT2D eigenvalue weighted by molar-refractivity contribution is 6.44. The van der Waals surface area contributed by atoms with E-state index in [1.807, 2.05) is 0 Å². The molecule has 0 heterocycles. The number of carbonyl (C=O) groups is 2. The first-order chi connectivity index (χ1) is 11.8. The number of halogens is 3. The van der Waals surface area contributed by atoms with E-state index < -0.39 is 5.91 Å². The molecule has 0 atom stereocenters. The molecule has 0 radical (unpaired) electrons. The predicted molar refractivity (Wildman–Crippen MR) is 98.6 cm³/mol. The van der Waals surface area contributed by atoms with Crippen LogP contribution in [0.4, 0.5) is 5.69 Å². The number of hydrogen-bond acceptors (Lipinski definition) is 4. The number of nitrogens with one attached hydrogen (secondary N) is 1. The van der Waals surface area contributed by atoms with Gasteiger partial charge in [-0.1, -0.05) is 34.8 Å². The second-order valence-electron chi connectivity index (χ2n) is 5.00. The van der Waals surface area contributed by atoms with Crippen molar-refractivity contribution >= 4 is 52.2 Å². The number of ketones is 1. The van der Waals surface area contributed by atoms with Crippen LogP contribution in [0.25, 0.3) is 0 Å². The van der Waals surface area contributed by atoms with Crippen LogP contribution in [0.3, 0.4) is 0 Å². The summed E-state index contributed by atoms with van der Waals surface area (Å²) in [6.07, 6.45) is 0. The maximum absolute atomic E-state index is 12.0. The summed E-state index contributed by atoms with van der Waals surface area (Å²) in [5.74, 6) is 0.144. The van der Waals surface area contributed by atoms with Crippen LogP contribution >= 0.6 is 34.8 Å². The molecule has 25 heavy (non-hydrogen) atoms. The summed E-state index contributed by atoms with van der Waals surface area (Å²) in [5.41, 5.74) is 0.805. The first-order valence-electron chi connectivity index (χ1n) is 7.08. The van der Waals surface area contributed by atoms with E-state index in [1.165, 1.54) is 26.2 Å². The van der Waals surface area contributed by atoms with E-state index in [2.05, 4.69) is 5.32 Å². The van der Waals surface area contributed by atoms with E-state index in [1.54, 1.807) is 18.2 Å². The number of Topliss-reactive ketones (excluding diaryl/α,β-unsaturated/α-hetero) is 1. The Hall–Kier alpha value is -1.95. The third-order valence-corrected chi connectivity index (χ3v) is 4.25. The lowest BCUT2D eigenvalue weighted by molar-refractivity contribution is -0.118. The van der Waals surface area contributed by atoms with Gasteiger partial charge < -0.3 is 14.8 Å². The summed E-state index contributed by atoms with van der Waals surface area (Å²) in [7, 11) is 1.45. The van der Waals surface area contributed by atoms with Crippen molar-refractivity contribution in [3.05, 3.63) is 51.0 Å². The Balaban J connectivity index is 2.05. The third kappa shape index (κ3) is 5.01. The van der Waals surface area contributed by atoms with E-state index in [0.29, 0.717) is 22.7 Å². The van der Waals surface area contributed by atoms with Crippen LogP contribution in [0, 0.1) is 0 Å². The van der Waals surface area contributed by atoms with E-state index >= 15 is 0 Å². The van der Waals surface area contributed by atoms with Crippen LogP contribution in [-0.4, -0.2) is 25.4 Å². The molecule has 2 aromatic carbocycles. The van der Waals surface area contributed by atoms with Gasteiger partial charge in [-0.15, -0.1) is 0 Å². The summed E-state index contributed by atoms with van der Waals surface area (Å²) < 4.78 is 10.6. The van der Waals surface area contributed by atoms with Crippen molar-refractivity contribution in [1.29, 1.82) is 0 Å². The molecule has 0 saturated carbocycles. The minimum absolute atomic E-state index is 0.100. The Kier molecular flexibility index (Phi) is 6.53. The number of carbonyl (C=O) groups excluding carboxylic acids is 2. The molecule has 0 spiro atoms. The molecule has 0 aliphatic heterocycles. The maximum atomic E-state index is 12.0. The van der Waals surface area contributed by atoms with Crippen LogP contribution in [0.5, 0.6) is 11.5 Å². The number of benzene rings is 2. The van der Waals surface area contributed by atoms with Crippen molar-refractivity contribution in [3.8, 4) is 11.5 Å². The highest BCUT2D eigenvalue weighted by atomic mass is 35.5. The van der Waals surface area contributed by atoms with Crippen LogP contribution < -0.4 is 14.8 Å². The molecule has 132 valence electrons. The summed E-state index contributed by atoms with van der Waals surface area (Å²) >= 11 is 17.8. The van der Waals surface area contributed by atoms with E-state index in [0.717, 1.165) is 0 Å². The molecule has 0 bridgehead atoms. The summed E-state index contributed by atoms with van der Waals surface area (Å²) in [5, 5.41) is 3.39. The van der Waals surface area contributed by atoms with Crippen molar-refractivity contribution in [2.45, 2.75) is 6.92 Å². The predicted octanol–water partition coefficient (Wildman–Crippen LogP) is 4.88. The standard InChI is InChI=1S/C17H14Cl3NO4/c1-9(22)10-3-4-15(16(5-10)24-2)25-8-17(23)21-14-7-12(19)11(18)6-13(14)20/h3-7H,8H2,1-2H3,(H,21,23). The first kappa shape index (κ1) is 19.4. The molecule has 0 aromatic heterocycles. The fourth-order valence-electron chi connectivity index (χ4n) is 1.95. The second-order valence-corrected chi connectivity index (χ2v) is 6.23. The Morgan fingerprint density at radius 3 is 2.32 bits per heavy atom. The van der Waals surface area contributed by atoms with Crippen molar-refractivity contribution in [3.63, 3.8) is 0 Å². The van der Waals surface area contributed by atoms with Gasteiger partial charge in [0.25, 0.3) is 5.91 Å². The molecule has 0 aliphatic rings. The molecule has 1 N–H and O–H groups in total. The fourth-order valence-corrected chi connectivity index (χ4v) is 2.55. The largest absolute Gasteiger partial charge is 0.493 e. The van der Waals surface area contributed by atoms with Gasteiger partial charge in [0.15, 0.2) is 23.9 Å². The summed E-state index contributed by atoms with van der Waals surface area (Å²) in [6, 6.07) is 7.59. The number of hydrogen-bond donors (Lipinski definition) is 1. The molecule has 0 aliphatic carbocycles. The van der Waals surface area contributed by atoms with Gasteiger partial charge in [-0.3, -0.25) is 9.59 Å². The maximum Gasteiger partial charge on any atom is 0.262 e. The average molecular weight is 403 g/mol. The Bertz CT molecular complexity index is 824. The van der Waals surface area contributed by atoms with Gasteiger partial charge in [-0.2, -0.15) is 0 Å². The molecule has 5 nitrogen and oxygen atoms in total. The average Bonchev–Trinajstić information content (AvgIpc) is 2.57. The molecule has 1 amide bonds. The van der Waals surface area contributed by atoms with Crippen LogP contribution in [-0.2, 0) is 4.79 Å². The monoisotopic (exact) mass is 401 g/mol. The molecule has 8 heteroatoms. The number of rotatable bonds is 6. The molecular weight excluding hydrogens is 389 g/mol. The van der Waals surface area contributed by atoms with Crippen molar-refractivity contribution < 1.29 is 19.1 Å². The summed E-state index contributed by atoms with van der Waals surface area (Å²) in [4.78, 5) is 23.4. The third-order valence-electron chi connectivity index (χ3n) is 3.21. The van der Waals surface area contributed by atoms with Gasteiger partial charge in [-0.05, 0) is 37.3 Å². The minimum atomic E-state index is -0.446. The van der Waals surface area contributed by atoms with Gasteiger partial charge in [0.05, 0.1) is 27.9 Å². The fraction of sp³-hybridized carbons (Fsp3) is 0.176. The van der Waals surface area contributed by atoms with Crippen LogP contribution in [0.2, 0.25) is 15.1 Å². The molecule has 0 saturated heterocycles. The van der Waals surface area contributed by atoms with Crippen LogP contribution in [0.1, 0.15) is 17.3 Å². The number of methoxy groups -OCH3 is 1. The smallest absolute Gasteiger partial charge is 0.262 e. The summed E-state index contributed by atoms with van der Waals surface area (Å²) in [6.45, 7) is 1.16. The van der Waals surface area contributed by atoms with E-state index in [4.69, 9.17) is 44.3 Å². The molecular formula is C17H14Cl3NO4. The Morgan fingerprint density at radius 2 is 1.68 bits per heavy atom. The molecule has 0 fully saturated rings.